The van der Waals surface area contributed by atoms with Gasteiger partial charge in [-0.05, 0) is 32.4 Å². The van der Waals surface area contributed by atoms with Gasteiger partial charge >= 0.3 is 0 Å². The van der Waals surface area contributed by atoms with Crippen LogP contribution in [0.4, 0.5) is 0 Å². The van der Waals surface area contributed by atoms with Crippen LogP contribution in [-0.4, -0.2) is 35.9 Å². The van der Waals surface area contributed by atoms with Gasteiger partial charge in [0, 0.05) is 6.20 Å². The zero-order valence-electron chi connectivity index (χ0n) is 11.8. The minimum Gasteiger partial charge on any atom is -0.394 e. The third-order valence-electron chi connectivity index (χ3n) is 3.24. The molecule has 3 aromatic rings. The van der Waals surface area contributed by atoms with Gasteiger partial charge in [-0.2, -0.15) is 5.10 Å². The minimum atomic E-state index is 0.0324. The second-order valence-electron chi connectivity index (χ2n) is 4.91. The molecule has 0 amide bonds. The van der Waals surface area contributed by atoms with Crippen LogP contribution >= 0.6 is 0 Å². The Hall–Kier alpha value is -2.21. The largest absolute Gasteiger partial charge is 0.394 e. The molecule has 0 atom stereocenters. The van der Waals surface area contributed by atoms with Gasteiger partial charge in [0.2, 0.25) is 0 Å². The Morgan fingerprint density at radius 1 is 1.15 bits per heavy atom. The third-order valence-corrected chi connectivity index (χ3v) is 3.24. The van der Waals surface area contributed by atoms with Gasteiger partial charge in [0.05, 0.1) is 18.8 Å². The van der Waals surface area contributed by atoms with Crippen LogP contribution in [0.2, 0.25) is 0 Å². The molecule has 0 saturated heterocycles. The second-order valence-corrected chi connectivity index (χ2v) is 4.91. The summed E-state index contributed by atoms with van der Waals surface area (Å²) in [5, 5.41) is 13.5. The Morgan fingerprint density at radius 2 is 1.95 bits per heavy atom. The Morgan fingerprint density at radius 3 is 2.70 bits per heavy atom. The van der Waals surface area contributed by atoms with Gasteiger partial charge in [-0.1, -0.05) is 6.07 Å². The number of pyridine rings is 1. The average Bonchev–Trinajstić information content (AvgIpc) is 2.89. The topological polar surface area (TPSA) is 68.2 Å². The monoisotopic (exact) mass is 271 g/mol. The quantitative estimate of drug-likeness (QED) is 0.784. The zero-order valence-corrected chi connectivity index (χ0v) is 11.8. The van der Waals surface area contributed by atoms with Crippen molar-refractivity contribution in [3.8, 4) is 11.5 Å². The highest BCUT2D eigenvalue weighted by atomic mass is 16.3. The Labute approximate surface area is 116 Å². The lowest BCUT2D eigenvalue weighted by Gasteiger charge is -2.05. The molecule has 104 valence electrons. The van der Waals surface area contributed by atoms with Crippen LogP contribution in [0.3, 0.4) is 0 Å². The first-order valence-corrected chi connectivity index (χ1v) is 6.58. The molecular formula is C14H17N5O. The first kappa shape index (κ1) is 12.8. The maximum atomic E-state index is 9.17. The summed E-state index contributed by atoms with van der Waals surface area (Å²) in [5.74, 6) is 1.43. The molecule has 0 aliphatic carbocycles. The van der Waals surface area contributed by atoms with Crippen molar-refractivity contribution < 1.29 is 5.11 Å². The summed E-state index contributed by atoms with van der Waals surface area (Å²) < 4.78 is 3.76. The molecule has 20 heavy (non-hydrogen) atoms. The van der Waals surface area contributed by atoms with Gasteiger partial charge in [0.1, 0.15) is 17.2 Å². The van der Waals surface area contributed by atoms with Crippen molar-refractivity contribution in [1.82, 2.24) is 24.1 Å². The van der Waals surface area contributed by atoms with Crippen LogP contribution in [-0.2, 0) is 6.54 Å². The number of nitrogens with zero attached hydrogens (tertiary/aromatic N) is 5. The molecular weight excluding hydrogens is 254 g/mol. The van der Waals surface area contributed by atoms with Crippen LogP contribution in [0.5, 0.6) is 0 Å². The summed E-state index contributed by atoms with van der Waals surface area (Å²) in [6.07, 6.45) is 2.04. The smallest absolute Gasteiger partial charge is 0.177 e. The van der Waals surface area contributed by atoms with E-state index in [0.29, 0.717) is 12.4 Å². The number of hydrogen-bond acceptors (Lipinski definition) is 4. The van der Waals surface area contributed by atoms with Crippen LogP contribution in [0.25, 0.3) is 17.2 Å². The fourth-order valence-electron chi connectivity index (χ4n) is 2.42. The summed E-state index contributed by atoms with van der Waals surface area (Å²) in [6.45, 7) is 6.31. The summed E-state index contributed by atoms with van der Waals surface area (Å²) in [6, 6.07) is 4.03. The normalized spacial score (nSPS) is 11.4. The van der Waals surface area contributed by atoms with Gasteiger partial charge in [0.15, 0.2) is 5.82 Å². The molecule has 0 aliphatic rings. The van der Waals surface area contributed by atoms with Gasteiger partial charge in [-0.15, -0.1) is 0 Å². The zero-order chi connectivity index (χ0) is 14.3. The second kappa shape index (κ2) is 4.72. The fraction of sp³-hybridized carbons (Fsp3) is 0.357. The van der Waals surface area contributed by atoms with Gasteiger partial charge in [-0.25, -0.2) is 14.6 Å². The first-order valence-electron chi connectivity index (χ1n) is 6.58. The lowest BCUT2D eigenvalue weighted by molar-refractivity contribution is 0.270. The first-order chi connectivity index (χ1) is 9.60. The molecule has 0 aromatic carbocycles. The van der Waals surface area contributed by atoms with E-state index in [9.17, 15) is 0 Å². The highest BCUT2D eigenvalue weighted by Crippen LogP contribution is 2.23. The van der Waals surface area contributed by atoms with E-state index in [-0.39, 0.29) is 6.61 Å². The number of aliphatic hydroxyl groups excluding tert-OH is 1. The van der Waals surface area contributed by atoms with Crippen molar-refractivity contribution in [2.45, 2.75) is 27.3 Å². The van der Waals surface area contributed by atoms with Crippen LogP contribution in [0, 0.1) is 20.8 Å². The summed E-state index contributed by atoms with van der Waals surface area (Å²) >= 11 is 0. The van der Waals surface area contributed by atoms with Crippen LogP contribution in [0.15, 0.2) is 18.3 Å². The molecule has 0 bridgehead atoms. The SMILES string of the molecule is Cc1ccc2nc(C)c(-c3nc(C)nn3CCO)n2c1. The van der Waals surface area contributed by atoms with Crippen molar-refractivity contribution in [2.75, 3.05) is 6.61 Å². The predicted molar refractivity (Wildman–Crippen MR) is 75.5 cm³/mol. The number of hydrogen-bond donors (Lipinski definition) is 1. The van der Waals surface area contributed by atoms with Crippen molar-refractivity contribution in [2.24, 2.45) is 0 Å². The lowest BCUT2D eigenvalue weighted by atomic mass is 10.3. The highest BCUT2D eigenvalue weighted by molar-refractivity contribution is 5.61. The molecule has 0 saturated carbocycles. The van der Waals surface area contributed by atoms with E-state index in [1.54, 1.807) is 4.68 Å². The van der Waals surface area contributed by atoms with Crippen molar-refractivity contribution in [3.63, 3.8) is 0 Å². The summed E-state index contributed by atoms with van der Waals surface area (Å²) in [7, 11) is 0. The van der Waals surface area contributed by atoms with Crippen molar-refractivity contribution >= 4 is 5.65 Å². The van der Waals surface area contributed by atoms with E-state index in [0.717, 1.165) is 28.4 Å². The van der Waals surface area contributed by atoms with Gasteiger partial charge < -0.3 is 5.11 Å². The molecule has 1 N–H and O–H groups in total. The Kier molecular flexibility index (Phi) is 3.02. The number of aryl methyl sites for hydroxylation is 3. The number of aliphatic hydroxyl groups is 1. The molecule has 0 aliphatic heterocycles. The molecule has 0 spiro atoms. The van der Waals surface area contributed by atoms with E-state index in [1.807, 2.05) is 43.5 Å². The minimum absolute atomic E-state index is 0.0324. The average molecular weight is 271 g/mol. The van der Waals surface area contributed by atoms with Crippen LogP contribution in [0.1, 0.15) is 17.1 Å². The molecule has 0 radical (unpaired) electrons. The molecule has 3 aromatic heterocycles. The van der Waals surface area contributed by atoms with Crippen molar-refractivity contribution in [1.29, 1.82) is 0 Å². The number of aromatic nitrogens is 5. The third kappa shape index (κ3) is 1.98. The molecule has 3 heterocycles. The predicted octanol–water partition coefficient (Wildman–Crippen LogP) is 1.51. The molecule has 6 heteroatoms. The standard InChI is InChI=1S/C14H17N5O/c1-9-4-5-12-15-10(2)13(18(12)8-9)14-16-11(3)17-19(14)6-7-20/h4-5,8,20H,6-7H2,1-3H3. The summed E-state index contributed by atoms with van der Waals surface area (Å²) in [5.41, 5.74) is 3.88. The Bertz CT molecular complexity index is 771. The number of fused-ring (bicyclic) bond motifs is 1. The van der Waals surface area contributed by atoms with E-state index >= 15 is 0 Å². The van der Waals surface area contributed by atoms with Gasteiger partial charge in [0.25, 0.3) is 0 Å². The number of imidazole rings is 1. The van der Waals surface area contributed by atoms with Crippen LogP contribution < -0.4 is 0 Å². The molecule has 0 unspecified atom stereocenters. The maximum Gasteiger partial charge on any atom is 0.177 e. The van der Waals surface area contributed by atoms with E-state index in [4.69, 9.17) is 5.11 Å². The number of rotatable bonds is 3. The molecule has 6 nitrogen and oxygen atoms in total. The van der Waals surface area contributed by atoms with E-state index in [2.05, 4.69) is 15.1 Å². The maximum absolute atomic E-state index is 9.17. The molecule has 3 rings (SSSR count). The van der Waals surface area contributed by atoms with Gasteiger partial charge in [-0.3, -0.25) is 4.40 Å². The summed E-state index contributed by atoms with van der Waals surface area (Å²) in [4.78, 5) is 9.05. The van der Waals surface area contributed by atoms with Crippen molar-refractivity contribution in [3.05, 3.63) is 35.4 Å². The van der Waals surface area contributed by atoms with E-state index < -0.39 is 0 Å². The molecule has 0 fully saturated rings. The Balaban J connectivity index is 2.28. The lowest BCUT2D eigenvalue weighted by Crippen LogP contribution is -2.07. The van der Waals surface area contributed by atoms with E-state index in [1.165, 1.54) is 0 Å². The fourth-order valence-corrected chi connectivity index (χ4v) is 2.42. The highest BCUT2D eigenvalue weighted by Gasteiger charge is 2.17.